The number of carbonyl (C=O) groups is 1. The molecule has 0 aliphatic carbocycles. The van der Waals surface area contributed by atoms with Crippen LogP contribution in [0.4, 0.5) is 5.69 Å². The van der Waals surface area contributed by atoms with Gasteiger partial charge in [0.2, 0.25) is 5.91 Å². The van der Waals surface area contributed by atoms with Crippen molar-refractivity contribution >= 4 is 11.6 Å². The molecule has 0 bridgehead atoms. The minimum Gasteiger partial charge on any atom is -0.508 e. The van der Waals surface area contributed by atoms with E-state index in [1.54, 1.807) is 24.3 Å². The first-order chi connectivity index (χ1) is 10.1. The molecule has 2 aromatic rings. The third-order valence-corrected chi connectivity index (χ3v) is 3.48. The highest BCUT2D eigenvalue weighted by molar-refractivity contribution is 5.93. The summed E-state index contributed by atoms with van der Waals surface area (Å²) in [7, 11) is 1.88. The van der Waals surface area contributed by atoms with Gasteiger partial charge in [0.05, 0.1) is 6.42 Å². The standard InChI is InChI=1S/C17H20N2O2/c1-12(18-2)14-8-4-5-9-15(14)19-17(21)11-13-7-3-6-10-16(13)20/h3-10,12,18,20H,11H2,1-2H3,(H,19,21). The van der Waals surface area contributed by atoms with E-state index in [2.05, 4.69) is 10.6 Å². The Morgan fingerprint density at radius 1 is 1.14 bits per heavy atom. The summed E-state index contributed by atoms with van der Waals surface area (Å²) < 4.78 is 0. The van der Waals surface area contributed by atoms with E-state index in [9.17, 15) is 9.90 Å². The molecule has 0 fully saturated rings. The second kappa shape index (κ2) is 6.90. The minimum atomic E-state index is -0.146. The van der Waals surface area contributed by atoms with E-state index in [0.29, 0.717) is 5.56 Å². The van der Waals surface area contributed by atoms with Gasteiger partial charge in [0.1, 0.15) is 5.75 Å². The number of hydrogen-bond acceptors (Lipinski definition) is 3. The van der Waals surface area contributed by atoms with E-state index in [1.807, 2.05) is 38.2 Å². The quantitative estimate of drug-likeness (QED) is 0.791. The maximum Gasteiger partial charge on any atom is 0.228 e. The van der Waals surface area contributed by atoms with Gasteiger partial charge in [-0.1, -0.05) is 36.4 Å². The molecular formula is C17H20N2O2. The minimum absolute atomic E-state index is 0.143. The van der Waals surface area contributed by atoms with Gasteiger partial charge in [-0.25, -0.2) is 0 Å². The first kappa shape index (κ1) is 15.1. The second-order valence-corrected chi connectivity index (χ2v) is 4.95. The van der Waals surface area contributed by atoms with Crippen LogP contribution in [-0.4, -0.2) is 18.1 Å². The Hall–Kier alpha value is -2.33. The smallest absolute Gasteiger partial charge is 0.228 e. The summed E-state index contributed by atoms with van der Waals surface area (Å²) in [6, 6.07) is 14.7. The number of carbonyl (C=O) groups excluding carboxylic acids is 1. The molecule has 1 unspecified atom stereocenters. The number of phenolic OH excluding ortho intramolecular Hbond substituents is 1. The molecule has 1 amide bonds. The third-order valence-electron chi connectivity index (χ3n) is 3.48. The maximum absolute atomic E-state index is 12.2. The molecule has 4 heteroatoms. The first-order valence-corrected chi connectivity index (χ1v) is 6.94. The Balaban J connectivity index is 2.12. The highest BCUT2D eigenvalue weighted by Gasteiger charge is 2.12. The highest BCUT2D eigenvalue weighted by atomic mass is 16.3. The van der Waals surface area contributed by atoms with Crippen molar-refractivity contribution in [1.82, 2.24) is 5.32 Å². The van der Waals surface area contributed by atoms with Crippen molar-refractivity contribution in [1.29, 1.82) is 0 Å². The lowest BCUT2D eigenvalue weighted by Gasteiger charge is -2.16. The molecule has 2 rings (SSSR count). The van der Waals surface area contributed by atoms with Crippen LogP contribution >= 0.6 is 0 Å². The molecule has 3 N–H and O–H groups in total. The van der Waals surface area contributed by atoms with Crippen molar-refractivity contribution in [3.8, 4) is 5.75 Å². The van der Waals surface area contributed by atoms with Crippen molar-refractivity contribution < 1.29 is 9.90 Å². The normalized spacial score (nSPS) is 11.9. The Morgan fingerprint density at radius 3 is 2.52 bits per heavy atom. The average Bonchev–Trinajstić information content (AvgIpc) is 2.49. The Morgan fingerprint density at radius 2 is 1.81 bits per heavy atom. The van der Waals surface area contributed by atoms with E-state index in [4.69, 9.17) is 0 Å². The number of aromatic hydroxyl groups is 1. The molecule has 0 spiro atoms. The molecule has 4 nitrogen and oxygen atoms in total. The highest BCUT2D eigenvalue weighted by Crippen LogP contribution is 2.23. The van der Waals surface area contributed by atoms with Gasteiger partial charge < -0.3 is 15.7 Å². The van der Waals surface area contributed by atoms with Crippen molar-refractivity contribution in [2.24, 2.45) is 0 Å². The monoisotopic (exact) mass is 284 g/mol. The zero-order valence-electron chi connectivity index (χ0n) is 12.3. The summed E-state index contributed by atoms with van der Waals surface area (Å²) in [5, 5.41) is 15.8. The largest absolute Gasteiger partial charge is 0.508 e. The average molecular weight is 284 g/mol. The first-order valence-electron chi connectivity index (χ1n) is 6.94. The summed E-state index contributed by atoms with van der Waals surface area (Å²) >= 11 is 0. The van der Waals surface area contributed by atoms with E-state index in [0.717, 1.165) is 11.3 Å². The van der Waals surface area contributed by atoms with E-state index >= 15 is 0 Å². The van der Waals surface area contributed by atoms with Crippen LogP contribution in [0.25, 0.3) is 0 Å². The van der Waals surface area contributed by atoms with Crippen LogP contribution in [0.1, 0.15) is 24.1 Å². The fraction of sp³-hybridized carbons (Fsp3) is 0.235. The van der Waals surface area contributed by atoms with Gasteiger partial charge in [-0.15, -0.1) is 0 Å². The van der Waals surface area contributed by atoms with Crippen LogP contribution in [0.2, 0.25) is 0 Å². The van der Waals surface area contributed by atoms with E-state index < -0.39 is 0 Å². The predicted molar refractivity (Wildman–Crippen MR) is 84.4 cm³/mol. The van der Waals surface area contributed by atoms with Crippen LogP contribution in [0, 0.1) is 0 Å². The number of para-hydroxylation sites is 2. The Labute approximate surface area is 124 Å². The molecule has 0 saturated carbocycles. The van der Waals surface area contributed by atoms with Gasteiger partial charge in [-0.05, 0) is 31.7 Å². The second-order valence-electron chi connectivity index (χ2n) is 4.95. The lowest BCUT2D eigenvalue weighted by molar-refractivity contribution is -0.115. The number of rotatable bonds is 5. The summed E-state index contributed by atoms with van der Waals surface area (Å²) in [4.78, 5) is 12.2. The lowest BCUT2D eigenvalue weighted by Crippen LogP contribution is -2.19. The molecule has 0 saturated heterocycles. The molecule has 0 aliphatic rings. The van der Waals surface area contributed by atoms with Crippen molar-refractivity contribution in [2.45, 2.75) is 19.4 Å². The molecule has 0 aromatic heterocycles. The number of benzene rings is 2. The summed E-state index contributed by atoms with van der Waals surface area (Å²) in [5.41, 5.74) is 2.44. The zero-order chi connectivity index (χ0) is 15.2. The Kier molecular flexibility index (Phi) is 4.95. The summed E-state index contributed by atoms with van der Waals surface area (Å²) in [6.45, 7) is 2.04. The maximum atomic E-state index is 12.2. The van der Waals surface area contributed by atoms with Crippen molar-refractivity contribution in [3.05, 3.63) is 59.7 Å². The molecule has 0 aliphatic heterocycles. The summed E-state index contributed by atoms with van der Waals surface area (Å²) in [5.74, 6) is -0.00298. The fourth-order valence-corrected chi connectivity index (χ4v) is 2.17. The van der Waals surface area contributed by atoms with Crippen LogP contribution in [-0.2, 0) is 11.2 Å². The van der Waals surface area contributed by atoms with Gasteiger partial charge >= 0.3 is 0 Å². The number of hydrogen-bond donors (Lipinski definition) is 3. The molecule has 0 radical (unpaired) electrons. The van der Waals surface area contributed by atoms with Gasteiger partial charge in [0.25, 0.3) is 0 Å². The molecule has 21 heavy (non-hydrogen) atoms. The predicted octanol–water partition coefficient (Wildman–Crippen LogP) is 2.85. The summed E-state index contributed by atoms with van der Waals surface area (Å²) in [6.07, 6.45) is 0.148. The van der Waals surface area contributed by atoms with Gasteiger partial charge in [0.15, 0.2) is 0 Å². The lowest BCUT2D eigenvalue weighted by atomic mass is 10.1. The molecule has 1 atom stereocenters. The van der Waals surface area contributed by atoms with Gasteiger partial charge in [-0.3, -0.25) is 4.79 Å². The topological polar surface area (TPSA) is 61.4 Å². The molecule has 0 heterocycles. The zero-order valence-corrected chi connectivity index (χ0v) is 12.3. The Bertz CT molecular complexity index is 626. The molecular weight excluding hydrogens is 264 g/mol. The number of anilines is 1. The van der Waals surface area contributed by atoms with Gasteiger partial charge in [0, 0.05) is 17.3 Å². The van der Waals surface area contributed by atoms with Crippen LogP contribution in [0.15, 0.2) is 48.5 Å². The van der Waals surface area contributed by atoms with Crippen LogP contribution < -0.4 is 10.6 Å². The number of phenols is 1. The van der Waals surface area contributed by atoms with E-state index in [-0.39, 0.29) is 24.1 Å². The van der Waals surface area contributed by atoms with Gasteiger partial charge in [-0.2, -0.15) is 0 Å². The SMILES string of the molecule is CNC(C)c1ccccc1NC(=O)Cc1ccccc1O. The fourth-order valence-electron chi connectivity index (χ4n) is 2.17. The number of nitrogens with one attached hydrogen (secondary N) is 2. The number of amides is 1. The van der Waals surface area contributed by atoms with Crippen molar-refractivity contribution in [2.75, 3.05) is 12.4 Å². The molecule has 110 valence electrons. The third kappa shape index (κ3) is 3.83. The van der Waals surface area contributed by atoms with Crippen LogP contribution in [0.3, 0.4) is 0 Å². The molecule has 2 aromatic carbocycles. The van der Waals surface area contributed by atoms with Crippen molar-refractivity contribution in [3.63, 3.8) is 0 Å². The van der Waals surface area contributed by atoms with Crippen LogP contribution in [0.5, 0.6) is 5.75 Å². The van der Waals surface area contributed by atoms with E-state index in [1.165, 1.54) is 0 Å².